The predicted molar refractivity (Wildman–Crippen MR) is 114 cm³/mol. The van der Waals surface area contributed by atoms with Gasteiger partial charge in [-0.2, -0.15) is 10.4 Å². The number of carbonyl (C=O) groups is 1. The molecule has 0 spiro atoms. The number of aromatic nitrogens is 2. The minimum Gasteiger partial charge on any atom is -0.444 e. The fraction of sp³-hybridized carbons (Fsp3) is 0.429. The Hall–Kier alpha value is -3.54. The van der Waals surface area contributed by atoms with Crippen molar-refractivity contribution in [3.63, 3.8) is 0 Å². The van der Waals surface area contributed by atoms with Gasteiger partial charge in [-0.3, -0.25) is 10.1 Å². The Balaban J connectivity index is 1.88. The summed E-state index contributed by atoms with van der Waals surface area (Å²) >= 11 is 0. The van der Waals surface area contributed by atoms with Crippen LogP contribution in [0, 0.1) is 22.7 Å². The van der Waals surface area contributed by atoms with Crippen LogP contribution >= 0.6 is 0 Å². The molecule has 9 heteroatoms. The lowest BCUT2D eigenvalue weighted by Crippen LogP contribution is -2.46. The third-order valence-corrected chi connectivity index (χ3v) is 4.80. The van der Waals surface area contributed by atoms with Crippen molar-refractivity contribution in [2.24, 2.45) is 11.7 Å². The number of amides is 1. The monoisotopic (exact) mass is 409 g/mol. The van der Waals surface area contributed by atoms with Gasteiger partial charge in [0.1, 0.15) is 11.4 Å². The second-order valence-corrected chi connectivity index (χ2v) is 8.29. The van der Waals surface area contributed by atoms with Crippen molar-refractivity contribution in [3.05, 3.63) is 42.1 Å². The number of amidine groups is 1. The molecule has 0 bridgehead atoms. The summed E-state index contributed by atoms with van der Waals surface area (Å²) in [5.41, 5.74) is 6.41. The molecule has 1 aliphatic rings. The number of para-hydroxylation sites is 1. The topological polar surface area (TPSA) is 133 Å². The number of ether oxygens (including phenoxy) is 1. The number of nitrogen functional groups attached to an aromatic ring is 1. The number of piperidine rings is 1. The summed E-state index contributed by atoms with van der Waals surface area (Å²) in [6.07, 6.45) is 1.75. The molecule has 0 saturated carbocycles. The molecule has 1 amide bonds. The molecule has 2 heterocycles. The van der Waals surface area contributed by atoms with E-state index in [0.29, 0.717) is 24.3 Å². The van der Waals surface area contributed by atoms with Crippen molar-refractivity contribution in [3.8, 4) is 6.07 Å². The number of anilines is 2. The molecular weight excluding hydrogens is 382 g/mol. The highest BCUT2D eigenvalue weighted by molar-refractivity contribution is 5.99. The molecular formula is C21H27N7O2. The van der Waals surface area contributed by atoms with E-state index in [1.165, 1.54) is 0 Å². The maximum Gasteiger partial charge on any atom is 0.410 e. The van der Waals surface area contributed by atoms with Crippen LogP contribution in [0.1, 0.15) is 38.8 Å². The van der Waals surface area contributed by atoms with Gasteiger partial charge < -0.3 is 20.7 Å². The molecule has 3 rings (SSSR count). The molecule has 1 aliphatic heterocycles. The molecule has 0 radical (unpaired) electrons. The number of benzene rings is 1. The average Bonchev–Trinajstić information content (AvgIpc) is 3.11. The molecule has 4 N–H and O–H groups in total. The highest BCUT2D eigenvalue weighted by Crippen LogP contribution is 2.30. The zero-order chi connectivity index (χ0) is 21.9. The molecule has 9 nitrogen and oxygen atoms in total. The van der Waals surface area contributed by atoms with Crippen molar-refractivity contribution in [1.29, 1.82) is 10.7 Å². The Morgan fingerprint density at radius 3 is 2.67 bits per heavy atom. The van der Waals surface area contributed by atoms with Crippen molar-refractivity contribution in [1.82, 2.24) is 14.7 Å². The first kappa shape index (κ1) is 21.2. The number of nitrogens with zero attached hydrogens (tertiary/aromatic N) is 4. The van der Waals surface area contributed by atoms with Gasteiger partial charge in [0.05, 0.1) is 23.6 Å². The van der Waals surface area contributed by atoms with Gasteiger partial charge in [0, 0.05) is 25.0 Å². The van der Waals surface area contributed by atoms with E-state index in [1.54, 1.807) is 15.8 Å². The number of hydrogen-bond acceptors (Lipinski definition) is 6. The summed E-state index contributed by atoms with van der Waals surface area (Å²) < 4.78 is 7.12. The molecule has 0 aliphatic carbocycles. The highest BCUT2D eigenvalue weighted by Gasteiger charge is 2.35. The van der Waals surface area contributed by atoms with Crippen LogP contribution in [0.3, 0.4) is 0 Å². The van der Waals surface area contributed by atoms with E-state index in [0.717, 1.165) is 5.69 Å². The summed E-state index contributed by atoms with van der Waals surface area (Å²) in [4.78, 5) is 14.1. The maximum absolute atomic E-state index is 12.5. The lowest BCUT2D eigenvalue weighted by Gasteiger charge is -2.36. The Morgan fingerprint density at radius 1 is 1.37 bits per heavy atom. The SMILES string of the molecule is CC(C)(C)OC(=O)N1CCC(C#N)[C@@H](n2cc(C(=N)N)c(Nc3ccccc3)n2)C1. The van der Waals surface area contributed by atoms with Crippen LogP contribution in [0.2, 0.25) is 0 Å². The Kier molecular flexibility index (Phi) is 5.96. The first-order chi connectivity index (χ1) is 14.2. The second-order valence-electron chi connectivity index (χ2n) is 8.29. The minimum absolute atomic E-state index is 0.131. The standard InChI is InChI=1S/C21H27N7O2/c1-21(2,3)30-20(29)27-10-9-14(11-22)17(13-27)28-12-16(18(23)24)19(26-28)25-15-7-5-4-6-8-15/h4-8,12,14,17H,9-10,13H2,1-3H3,(H3,23,24)(H,25,26)/t14?,17-/m0/s1. The first-order valence-electron chi connectivity index (χ1n) is 9.81. The number of likely N-dealkylation sites (tertiary alicyclic amines) is 1. The van der Waals surface area contributed by atoms with Crippen LogP contribution in [0.25, 0.3) is 0 Å². The molecule has 2 atom stereocenters. The Bertz CT molecular complexity index is 956. The van der Waals surface area contributed by atoms with E-state index in [2.05, 4.69) is 16.5 Å². The second kappa shape index (κ2) is 8.45. The summed E-state index contributed by atoms with van der Waals surface area (Å²) in [5.74, 6) is -0.0271. The van der Waals surface area contributed by atoms with E-state index in [9.17, 15) is 10.1 Å². The molecule has 2 aromatic rings. The number of carbonyl (C=O) groups excluding carboxylic acids is 1. The minimum atomic E-state index is -0.598. The summed E-state index contributed by atoms with van der Waals surface area (Å²) in [7, 11) is 0. The maximum atomic E-state index is 12.5. The van der Waals surface area contributed by atoms with Crippen LogP contribution in [0.4, 0.5) is 16.3 Å². The van der Waals surface area contributed by atoms with Gasteiger partial charge in [-0.25, -0.2) is 4.79 Å². The van der Waals surface area contributed by atoms with Crippen LogP contribution < -0.4 is 11.1 Å². The molecule has 158 valence electrons. The summed E-state index contributed by atoms with van der Waals surface area (Å²) in [5, 5.41) is 25.3. The largest absolute Gasteiger partial charge is 0.444 e. The summed E-state index contributed by atoms with van der Waals surface area (Å²) in [6, 6.07) is 11.4. The van der Waals surface area contributed by atoms with E-state index in [1.807, 2.05) is 51.1 Å². The van der Waals surface area contributed by atoms with Gasteiger partial charge >= 0.3 is 6.09 Å². The average molecular weight is 409 g/mol. The fourth-order valence-corrected chi connectivity index (χ4v) is 3.35. The zero-order valence-electron chi connectivity index (χ0n) is 17.4. The fourth-order valence-electron chi connectivity index (χ4n) is 3.35. The number of nitrogens with one attached hydrogen (secondary N) is 2. The molecule has 1 aromatic heterocycles. The van der Waals surface area contributed by atoms with Gasteiger partial charge in [-0.15, -0.1) is 0 Å². The van der Waals surface area contributed by atoms with Crippen molar-refractivity contribution < 1.29 is 9.53 Å². The van der Waals surface area contributed by atoms with Gasteiger partial charge in [-0.1, -0.05) is 18.2 Å². The number of rotatable bonds is 4. The number of nitrogens with two attached hydrogens (primary N) is 1. The molecule has 30 heavy (non-hydrogen) atoms. The van der Waals surface area contributed by atoms with Crippen molar-refractivity contribution >= 4 is 23.4 Å². The summed E-state index contributed by atoms with van der Waals surface area (Å²) in [6.45, 7) is 6.19. The van der Waals surface area contributed by atoms with Crippen LogP contribution in [0.15, 0.2) is 36.5 Å². The molecule has 1 unspecified atom stereocenters. The zero-order valence-corrected chi connectivity index (χ0v) is 17.4. The van der Waals surface area contributed by atoms with Gasteiger partial charge in [0.15, 0.2) is 5.82 Å². The third-order valence-electron chi connectivity index (χ3n) is 4.80. The van der Waals surface area contributed by atoms with E-state index < -0.39 is 11.7 Å². The lowest BCUT2D eigenvalue weighted by molar-refractivity contribution is 0.0135. The van der Waals surface area contributed by atoms with Gasteiger partial charge in [-0.05, 0) is 39.3 Å². The number of nitriles is 1. The van der Waals surface area contributed by atoms with Gasteiger partial charge in [0.25, 0.3) is 0 Å². The van der Waals surface area contributed by atoms with Crippen LogP contribution in [0.5, 0.6) is 0 Å². The highest BCUT2D eigenvalue weighted by atomic mass is 16.6. The van der Waals surface area contributed by atoms with E-state index >= 15 is 0 Å². The van der Waals surface area contributed by atoms with Gasteiger partial charge in [0.2, 0.25) is 0 Å². The third kappa shape index (κ3) is 4.89. The van der Waals surface area contributed by atoms with Crippen LogP contribution in [-0.4, -0.2) is 45.3 Å². The quantitative estimate of drug-likeness (QED) is 0.524. The molecule has 1 fully saturated rings. The van der Waals surface area contributed by atoms with Crippen LogP contribution in [-0.2, 0) is 4.74 Å². The Labute approximate surface area is 175 Å². The van der Waals surface area contributed by atoms with Crippen molar-refractivity contribution in [2.45, 2.75) is 38.8 Å². The predicted octanol–water partition coefficient (Wildman–Crippen LogP) is 3.23. The van der Waals surface area contributed by atoms with E-state index in [4.69, 9.17) is 15.9 Å². The Morgan fingerprint density at radius 2 is 2.07 bits per heavy atom. The molecule has 1 aromatic carbocycles. The molecule has 1 saturated heterocycles. The normalized spacial score (nSPS) is 19.1. The van der Waals surface area contributed by atoms with E-state index in [-0.39, 0.29) is 24.3 Å². The first-order valence-corrected chi connectivity index (χ1v) is 9.81. The van der Waals surface area contributed by atoms with Crippen molar-refractivity contribution in [2.75, 3.05) is 18.4 Å². The smallest absolute Gasteiger partial charge is 0.410 e. The number of hydrogen-bond donors (Lipinski definition) is 3. The lowest BCUT2D eigenvalue weighted by atomic mass is 9.93.